The molecule has 1 aromatic carbocycles. The SMILES string of the molecule is Fc1ccccc1C1CCCN1Cl. The van der Waals surface area contributed by atoms with Gasteiger partial charge in [0.05, 0.1) is 6.04 Å². The van der Waals surface area contributed by atoms with Gasteiger partial charge in [0.1, 0.15) is 5.82 Å². The van der Waals surface area contributed by atoms with Gasteiger partial charge < -0.3 is 0 Å². The first-order valence-electron chi connectivity index (χ1n) is 4.46. The minimum Gasteiger partial charge on any atom is -0.213 e. The highest BCUT2D eigenvalue weighted by Gasteiger charge is 2.26. The number of nitrogens with zero attached hydrogens (tertiary/aromatic N) is 1. The van der Waals surface area contributed by atoms with Crippen molar-refractivity contribution >= 4 is 11.8 Å². The van der Waals surface area contributed by atoms with Crippen molar-refractivity contribution in [1.82, 2.24) is 4.42 Å². The van der Waals surface area contributed by atoms with E-state index in [2.05, 4.69) is 0 Å². The van der Waals surface area contributed by atoms with Crippen LogP contribution in [0.15, 0.2) is 24.3 Å². The topological polar surface area (TPSA) is 3.24 Å². The summed E-state index contributed by atoms with van der Waals surface area (Å²) in [5.74, 6) is -0.153. The summed E-state index contributed by atoms with van der Waals surface area (Å²) < 4.78 is 15.0. The number of benzene rings is 1. The lowest BCUT2D eigenvalue weighted by atomic mass is 10.1. The van der Waals surface area contributed by atoms with Crippen LogP contribution in [-0.4, -0.2) is 11.0 Å². The van der Waals surface area contributed by atoms with Crippen molar-refractivity contribution in [2.24, 2.45) is 0 Å². The van der Waals surface area contributed by atoms with E-state index in [9.17, 15) is 4.39 Å². The summed E-state index contributed by atoms with van der Waals surface area (Å²) in [4.78, 5) is 0. The Morgan fingerprint density at radius 1 is 1.38 bits per heavy atom. The molecule has 1 unspecified atom stereocenters. The lowest BCUT2D eigenvalue weighted by Gasteiger charge is -2.17. The molecule has 2 rings (SSSR count). The molecule has 0 aliphatic carbocycles. The second-order valence-corrected chi connectivity index (χ2v) is 3.74. The van der Waals surface area contributed by atoms with Gasteiger partial charge in [-0.15, -0.1) is 0 Å². The largest absolute Gasteiger partial charge is 0.213 e. The minimum absolute atomic E-state index is 0.0582. The van der Waals surface area contributed by atoms with Gasteiger partial charge in [-0.1, -0.05) is 18.2 Å². The van der Waals surface area contributed by atoms with E-state index in [0.717, 1.165) is 24.9 Å². The molecule has 0 aromatic heterocycles. The average Bonchev–Trinajstić information content (AvgIpc) is 2.52. The van der Waals surface area contributed by atoms with Gasteiger partial charge in [0.25, 0.3) is 0 Å². The number of rotatable bonds is 1. The summed E-state index contributed by atoms with van der Waals surface area (Å²) in [5.41, 5.74) is 0.718. The molecule has 0 bridgehead atoms. The lowest BCUT2D eigenvalue weighted by molar-refractivity contribution is 0.419. The molecule has 0 radical (unpaired) electrons. The van der Waals surface area contributed by atoms with Gasteiger partial charge in [0.15, 0.2) is 0 Å². The molecule has 1 heterocycles. The molecule has 1 fully saturated rings. The maximum absolute atomic E-state index is 13.3. The maximum Gasteiger partial charge on any atom is 0.128 e. The van der Waals surface area contributed by atoms with Crippen molar-refractivity contribution in [2.75, 3.05) is 6.54 Å². The van der Waals surface area contributed by atoms with Crippen LogP contribution in [0.1, 0.15) is 24.4 Å². The lowest BCUT2D eigenvalue weighted by Crippen LogP contribution is -2.12. The fourth-order valence-corrected chi connectivity index (χ4v) is 2.11. The van der Waals surface area contributed by atoms with Crippen molar-refractivity contribution in [3.05, 3.63) is 35.6 Å². The van der Waals surface area contributed by atoms with E-state index in [1.807, 2.05) is 6.07 Å². The Hall–Kier alpha value is -0.600. The van der Waals surface area contributed by atoms with Crippen molar-refractivity contribution in [1.29, 1.82) is 0 Å². The molecule has 70 valence electrons. The van der Waals surface area contributed by atoms with Crippen LogP contribution in [0.5, 0.6) is 0 Å². The van der Waals surface area contributed by atoms with Gasteiger partial charge >= 0.3 is 0 Å². The Bertz CT molecular complexity index is 303. The van der Waals surface area contributed by atoms with Crippen LogP contribution in [0.3, 0.4) is 0 Å². The van der Waals surface area contributed by atoms with Crippen molar-refractivity contribution in [3.63, 3.8) is 0 Å². The van der Waals surface area contributed by atoms with Gasteiger partial charge in [-0.05, 0) is 30.7 Å². The monoisotopic (exact) mass is 199 g/mol. The fourth-order valence-electron chi connectivity index (χ4n) is 1.78. The average molecular weight is 200 g/mol. The van der Waals surface area contributed by atoms with Crippen LogP contribution in [0, 0.1) is 5.82 Å². The van der Waals surface area contributed by atoms with E-state index in [4.69, 9.17) is 11.8 Å². The number of halogens is 2. The summed E-state index contributed by atoms with van der Waals surface area (Å²) in [5, 5.41) is 0. The first kappa shape index (κ1) is 8.97. The van der Waals surface area contributed by atoms with Crippen LogP contribution >= 0.6 is 11.8 Å². The highest BCUT2D eigenvalue weighted by Crippen LogP contribution is 2.34. The molecule has 1 aliphatic heterocycles. The zero-order chi connectivity index (χ0) is 9.26. The second kappa shape index (κ2) is 3.64. The van der Waals surface area contributed by atoms with Gasteiger partial charge in [-0.3, -0.25) is 0 Å². The Morgan fingerprint density at radius 3 is 2.77 bits per heavy atom. The molecule has 1 saturated heterocycles. The van der Waals surface area contributed by atoms with Gasteiger partial charge in [-0.25, -0.2) is 8.81 Å². The van der Waals surface area contributed by atoms with Crippen molar-refractivity contribution < 1.29 is 4.39 Å². The molecule has 0 amide bonds. The maximum atomic E-state index is 13.3. The number of hydrogen-bond acceptors (Lipinski definition) is 1. The fraction of sp³-hybridized carbons (Fsp3) is 0.400. The summed E-state index contributed by atoms with van der Waals surface area (Å²) >= 11 is 5.95. The quantitative estimate of drug-likeness (QED) is 0.629. The van der Waals surface area contributed by atoms with E-state index in [1.165, 1.54) is 6.07 Å². The van der Waals surface area contributed by atoms with Gasteiger partial charge in [-0.2, -0.15) is 0 Å². The first-order chi connectivity index (χ1) is 6.29. The number of hydrogen-bond donors (Lipinski definition) is 0. The third-order valence-electron chi connectivity index (χ3n) is 2.45. The van der Waals surface area contributed by atoms with Crippen LogP contribution < -0.4 is 0 Å². The first-order valence-corrected chi connectivity index (χ1v) is 4.79. The Labute approximate surface area is 82.2 Å². The predicted octanol–water partition coefficient (Wildman–Crippen LogP) is 3.12. The third kappa shape index (κ3) is 1.69. The van der Waals surface area contributed by atoms with E-state index in [-0.39, 0.29) is 11.9 Å². The second-order valence-electron chi connectivity index (χ2n) is 3.30. The summed E-state index contributed by atoms with van der Waals surface area (Å²) in [6.07, 6.45) is 1.99. The van der Waals surface area contributed by atoms with Gasteiger partial charge in [0, 0.05) is 12.1 Å². The predicted molar refractivity (Wildman–Crippen MR) is 50.9 cm³/mol. The molecule has 1 nitrogen and oxygen atoms in total. The Morgan fingerprint density at radius 2 is 2.15 bits per heavy atom. The zero-order valence-electron chi connectivity index (χ0n) is 7.21. The highest BCUT2D eigenvalue weighted by atomic mass is 35.5. The van der Waals surface area contributed by atoms with E-state index < -0.39 is 0 Å². The molecule has 1 aliphatic rings. The molecule has 13 heavy (non-hydrogen) atoms. The molecule has 0 saturated carbocycles. The summed E-state index contributed by atoms with van der Waals surface area (Å²) in [6, 6.07) is 6.90. The van der Waals surface area contributed by atoms with Crippen LogP contribution in [0.25, 0.3) is 0 Å². The molecule has 1 aromatic rings. The van der Waals surface area contributed by atoms with Gasteiger partial charge in [0.2, 0.25) is 0 Å². The van der Waals surface area contributed by atoms with Crippen LogP contribution in [-0.2, 0) is 0 Å². The Balaban J connectivity index is 2.29. The van der Waals surface area contributed by atoms with E-state index in [0.29, 0.717) is 0 Å². The minimum atomic E-state index is -0.153. The molecular weight excluding hydrogens is 189 g/mol. The summed E-state index contributed by atoms with van der Waals surface area (Å²) in [7, 11) is 0. The van der Waals surface area contributed by atoms with Crippen LogP contribution in [0.4, 0.5) is 4.39 Å². The summed E-state index contributed by atoms with van der Waals surface area (Å²) in [6.45, 7) is 0.848. The Kier molecular flexibility index (Phi) is 2.51. The molecule has 1 atom stereocenters. The van der Waals surface area contributed by atoms with E-state index in [1.54, 1.807) is 16.6 Å². The molecule has 0 N–H and O–H groups in total. The molecule has 3 heteroatoms. The normalized spacial score (nSPS) is 23.7. The molecular formula is C10H11ClFN. The smallest absolute Gasteiger partial charge is 0.128 e. The standard InChI is InChI=1S/C10H11ClFN/c11-13-7-3-6-10(13)8-4-1-2-5-9(8)12/h1-2,4-5,10H,3,6-7H2. The highest BCUT2D eigenvalue weighted by molar-refractivity contribution is 6.13. The third-order valence-corrected chi connectivity index (χ3v) is 2.86. The molecule has 0 spiro atoms. The van der Waals surface area contributed by atoms with Crippen LogP contribution in [0.2, 0.25) is 0 Å². The van der Waals surface area contributed by atoms with Crippen molar-refractivity contribution in [2.45, 2.75) is 18.9 Å². The van der Waals surface area contributed by atoms with Crippen molar-refractivity contribution in [3.8, 4) is 0 Å². The van der Waals surface area contributed by atoms with E-state index >= 15 is 0 Å². The zero-order valence-corrected chi connectivity index (χ0v) is 7.97.